The number of nitrogens with zero attached hydrogens (tertiary/aromatic N) is 1. The summed E-state index contributed by atoms with van der Waals surface area (Å²) in [5.41, 5.74) is 0.944. The van der Waals surface area contributed by atoms with Crippen LogP contribution in [0.15, 0.2) is 36.4 Å². The van der Waals surface area contributed by atoms with Gasteiger partial charge in [-0.2, -0.15) is 0 Å². The Morgan fingerprint density at radius 2 is 1.90 bits per heavy atom. The number of benzene rings is 1. The van der Waals surface area contributed by atoms with Gasteiger partial charge in [-0.1, -0.05) is 30.3 Å². The van der Waals surface area contributed by atoms with E-state index >= 15 is 0 Å². The molecule has 1 heterocycles. The molecule has 2 amide bonds. The van der Waals surface area contributed by atoms with Crippen molar-refractivity contribution in [2.45, 2.75) is 13.0 Å². The maximum atomic E-state index is 12.1. The highest BCUT2D eigenvalue weighted by Gasteiger charge is 2.22. The Hall–Kier alpha value is -2.14. The van der Waals surface area contributed by atoms with Crippen LogP contribution in [0.1, 0.15) is 12.5 Å². The summed E-state index contributed by atoms with van der Waals surface area (Å²) in [6.45, 7) is 3.98. The van der Waals surface area contributed by atoms with Crippen LogP contribution in [-0.4, -0.2) is 49.1 Å². The zero-order chi connectivity index (χ0) is 15.1. The van der Waals surface area contributed by atoms with Crippen molar-refractivity contribution in [2.24, 2.45) is 0 Å². The monoisotopic (exact) mass is 288 g/mol. The lowest BCUT2D eigenvalue weighted by Crippen LogP contribution is -2.50. The van der Waals surface area contributed by atoms with Crippen molar-refractivity contribution in [1.82, 2.24) is 10.2 Å². The van der Waals surface area contributed by atoms with E-state index in [4.69, 9.17) is 4.74 Å². The Kier molecular flexibility index (Phi) is 5.51. The fraction of sp³-hybridized carbons (Fsp3) is 0.375. The summed E-state index contributed by atoms with van der Waals surface area (Å²) < 4.78 is 5.21. The summed E-state index contributed by atoms with van der Waals surface area (Å²) in [6.07, 6.45) is 3.17. The second kappa shape index (κ2) is 7.59. The van der Waals surface area contributed by atoms with Gasteiger partial charge in [0, 0.05) is 19.2 Å². The summed E-state index contributed by atoms with van der Waals surface area (Å²) in [5, 5.41) is 2.69. The van der Waals surface area contributed by atoms with Gasteiger partial charge >= 0.3 is 0 Å². The normalized spacial score (nSPS) is 16.7. The molecule has 5 heteroatoms. The Balaban J connectivity index is 1.84. The third-order valence-corrected chi connectivity index (χ3v) is 3.28. The van der Waals surface area contributed by atoms with Gasteiger partial charge in [0.25, 0.3) is 0 Å². The average molecular weight is 288 g/mol. The van der Waals surface area contributed by atoms with Gasteiger partial charge in [-0.15, -0.1) is 0 Å². The van der Waals surface area contributed by atoms with E-state index < -0.39 is 6.04 Å². The number of amides is 2. The maximum Gasteiger partial charge on any atom is 0.245 e. The minimum Gasteiger partial charge on any atom is -0.378 e. The molecule has 5 nitrogen and oxygen atoms in total. The Morgan fingerprint density at radius 1 is 1.24 bits per heavy atom. The molecule has 0 radical (unpaired) electrons. The quantitative estimate of drug-likeness (QED) is 0.843. The second-order valence-corrected chi connectivity index (χ2v) is 4.91. The first-order valence-corrected chi connectivity index (χ1v) is 7.07. The predicted molar refractivity (Wildman–Crippen MR) is 80.5 cm³/mol. The summed E-state index contributed by atoms with van der Waals surface area (Å²) in [7, 11) is 0. The first-order valence-electron chi connectivity index (χ1n) is 7.07. The van der Waals surface area contributed by atoms with Crippen LogP contribution < -0.4 is 5.32 Å². The first kappa shape index (κ1) is 15.3. The smallest absolute Gasteiger partial charge is 0.245 e. The number of ether oxygens (including phenoxy) is 1. The third kappa shape index (κ3) is 4.72. The first-order chi connectivity index (χ1) is 10.2. The molecule has 1 N–H and O–H groups in total. The molecule has 1 atom stereocenters. The topological polar surface area (TPSA) is 58.6 Å². The minimum absolute atomic E-state index is 0.0697. The van der Waals surface area contributed by atoms with Gasteiger partial charge < -0.3 is 15.0 Å². The van der Waals surface area contributed by atoms with Gasteiger partial charge in [0.15, 0.2) is 0 Å². The van der Waals surface area contributed by atoms with Gasteiger partial charge in [-0.3, -0.25) is 9.59 Å². The highest BCUT2D eigenvalue weighted by molar-refractivity contribution is 5.95. The van der Waals surface area contributed by atoms with E-state index in [-0.39, 0.29) is 11.8 Å². The summed E-state index contributed by atoms with van der Waals surface area (Å²) in [5.74, 6) is -0.340. The number of morpholine rings is 1. The molecule has 21 heavy (non-hydrogen) atoms. The number of rotatable bonds is 4. The van der Waals surface area contributed by atoms with Crippen LogP contribution in [0.3, 0.4) is 0 Å². The van der Waals surface area contributed by atoms with Crippen LogP contribution >= 0.6 is 0 Å². The molecule has 1 aromatic rings. The Morgan fingerprint density at radius 3 is 2.57 bits per heavy atom. The average Bonchev–Trinajstić information content (AvgIpc) is 2.54. The molecule has 0 bridgehead atoms. The van der Waals surface area contributed by atoms with E-state index in [9.17, 15) is 9.59 Å². The number of carbonyl (C=O) groups excluding carboxylic acids is 2. The fourth-order valence-corrected chi connectivity index (χ4v) is 2.12. The zero-order valence-corrected chi connectivity index (χ0v) is 12.1. The highest BCUT2D eigenvalue weighted by atomic mass is 16.5. The van der Waals surface area contributed by atoms with Crippen LogP contribution in [0, 0.1) is 0 Å². The maximum absolute atomic E-state index is 12.1. The number of hydrogen-bond acceptors (Lipinski definition) is 3. The lowest BCUT2D eigenvalue weighted by atomic mass is 10.2. The van der Waals surface area contributed by atoms with Crippen molar-refractivity contribution >= 4 is 17.9 Å². The molecule has 1 unspecified atom stereocenters. The van der Waals surface area contributed by atoms with Crippen molar-refractivity contribution in [3.8, 4) is 0 Å². The highest BCUT2D eigenvalue weighted by Crippen LogP contribution is 2.02. The zero-order valence-electron chi connectivity index (χ0n) is 12.1. The fourth-order valence-electron chi connectivity index (χ4n) is 2.12. The summed E-state index contributed by atoms with van der Waals surface area (Å²) in [6, 6.07) is 9.01. The van der Waals surface area contributed by atoms with E-state index in [0.29, 0.717) is 26.3 Å². The molecular formula is C16H20N2O3. The lowest BCUT2D eigenvalue weighted by Gasteiger charge is -2.29. The van der Waals surface area contributed by atoms with Crippen LogP contribution in [0.5, 0.6) is 0 Å². The van der Waals surface area contributed by atoms with Crippen molar-refractivity contribution < 1.29 is 14.3 Å². The predicted octanol–water partition coefficient (Wildman–Crippen LogP) is 1.06. The second-order valence-electron chi connectivity index (χ2n) is 4.91. The molecule has 0 aliphatic carbocycles. The standard InChI is InChI=1S/C16H20N2O3/c1-13(16(20)18-9-11-21-12-10-18)17-15(19)8-7-14-5-3-2-4-6-14/h2-8,13H,9-12H2,1H3,(H,17,19)/b8-7+. The van der Waals surface area contributed by atoms with Crippen molar-refractivity contribution in [3.05, 3.63) is 42.0 Å². The molecule has 1 fully saturated rings. The lowest BCUT2D eigenvalue weighted by molar-refractivity contribution is -0.138. The van der Waals surface area contributed by atoms with Gasteiger partial charge in [-0.25, -0.2) is 0 Å². The van der Waals surface area contributed by atoms with Crippen molar-refractivity contribution in [1.29, 1.82) is 0 Å². The molecular weight excluding hydrogens is 268 g/mol. The van der Waals surface area contributed by atoms with E-state index in [1.54, 1.807) is 17.9 Å². The van der Waals surface area contributed by atoms with Gasteiger partial charge in [-0.05, 0) is 18.6 Å². The molecule has 0 saturated carbocycles. The molecule has 0 spiro atoms. The van der Waals surface area contributed by atoms with Crippen LogP contribution in [0.4, 0.5) is 0 Å². The molecule has 1 aromatic carbocycles. The SMILES string of the molecule is CC(NC(=O)/C=C/c1ccccc1)C(=O)N1CCOCC1. The number of nitrogens with one attached hydrogen (secondary N) is 1. The van der Waals surface area contributed by atoms with Crippen LogP contribution in [-0.2, 0) is 14.3 Å². The number of carbonyl (C=O) groups is 2. The van der Waals surface area contributed by atoms with Gasteiger partial charge in [0.1, 0.15) is 6.04 Å². The summed E-state index contributed by atoms with van der Waals surface area (Å²) >= 11 is 0. The van der Waals surface area contributed by atoms with Crippen LogP contribution in [0.25, 0.3) is 6.08 Å². The molecule has 1 aliphatic heterocycles. The van der Waals surface area contributed by atoms with Crippen LogP contribution in [0.2, 0.25) is 0 Å². The number of hydrogen-bond donors (Lipinski definition) is 1. The molecule has 1 saturated heterocycles. The third-order valence-electron chi connectivity index (χ3n) is 3.28. The van der Waals surface area contributed by atoms with E-state index in [2.05, 4.69) is 5.32 Å². The molecule has 1 aliphatic rings. The molecule has 0 aromatic heterocycles. The van der Waals surface area contributed by atoms with E-state index in [1.165, 1.54) is 6.08 Å². The van der Waals surface area contributed by atoms with E-state index in [1.807, 2.05) is 30.3 Å². The largest absolute Gasteiger partial charge is 0.378 e. The molecule has 112 valence electrons. The van der Waals surface area contributed by atoms with Crippen molar-refractivity contribution in [3.63, 3.8) is 0 Å². The molecule has 2 rings (SSSR count). The Labute approximate surface area is 124 Å². The van der Waals surface area contributed by atoms with Crippen molar-refractivity contribution in [2.75, 3.05) is 26.3 Å². The van der Waals surface area contributed by atoms with Gasteiger partial charge in [0.2, 0.25) is 11.8 Å². The Bertz CT molecular complexity index is 508. The van der Waals surface area contributed by atoms with E-state index in [0.717, 1.165) is 5.56 Å². The summed E-state index contributed by atoms with van der Waals surface area (Å²) in [4.78, 5) is 25.7. The minimum atomic E-state index is -0.531. The van der Waals surface area contributed by atoms with Gasteiger partial charge in [0.05, 0.1) is 13.2 Å².